The van der Waals surface area contributed by atoms with E-state index in [9.17, 15) is 17.6 Å². The number of rotatable bonds is 5. The third-order valence-corrected chi connectivity index (χ3v) is 6.42. The molecule has 0 saturated heterocycles. The molecule has 1 aliphatic rings. The van der Waals surface area contributed by atoms with Gasteiger partial charge in [-0.2, -0.15) is 4.31 Å². The molecule has 1 aliphatic carbocycles. The molecule has 0 heterocycles. The number of halogens is 1. The zero-order valence-electron chi connectivity index (χ0n) is 14.3. The van der Waals surface area contributed by atoms with Crippen molar-refractivity contribution in [2.24, 2.45) is 0 Å². The number of hydrogen-bond donors (Lipinski definition) is 0. The van der Waals surface area contributed by atoms with Gasteiger partial charge < -0.3 is 4.74 Å². The van der Waals surface area contributed by atoms with Gasteiger partial charge >= 0.3 is 5.97 Å². The molecule has 1 aromatic carbocycles. The minimum atomic E-state index is -3.79. The summed E-state index contributed by atoms with van der Waals surface area (Å²) in [7, 11) is -2.34. The third kappa shape index (κ3) is 4.13. The molecule has 1 saturated carbocycles. The molecule has 7 heteroatoms. The van der Waals surface area contributed by atoms with E-state index in [2.05, 4.69) is 0 Å². The van der Waals surface area contributed by atoms with E-state index < -0.39 is 21.8 Å². The second-order valence-corrected chi connectivity index (χ2v) is 8.42. The second kappa shape index (κ2) is 7.61. The summed E-state index contributed by atoms with van der Waals surface area (Å²) in [5.74, 6) is -1.58. The first-order chi connectivity index (χ1) is 11.2. The van der Waals surface area contributed by atoms with Crippen LogP contribution in [0.5, 0.6) is 0 Å². The van der Waals surface area contributed by atoms with Crippen LogP contribution in [0.1, 0.15) is 56.3 Å². The number of carbonyl (C=O) groups excluding carboxylic acids is 1. The Balaban J connectivity index is 2.26. The Kier molecular flexibility index (Phi) is 5.98. The van der Waals surface area contributed by atoms with E-state index in [1.807, 2.05) is 0 Å². The lowest BCUT2D eigenvalue weighted by Gasteiger charge is -2.23. The Morgan fingerprint density at radius 3 is 2.46 bits per heavy atom. The van der Waals surface area contributed by atoms with Gasteiger partial charge in [-0.05, 0) is 57.7 Å². The summed E-state index contributed by atoms with van der Waals surface area (Å²) < 4.78 is 45.5. The first-order valence-corrected chi connectivity index (χ1v) is 9.66. The van der Waals surface area contributed by atoms with Crippen molar-refractivity contribution in [1.82, 2.24) is 4.31 Å². The summed E-state index contributed by atoms with van der Waals surface area (Å²) >= 11 is 0. The highest BCUT2D eigenvalue weighted by Gasteiger charge is 2.27. The number of sulfonamides is 1. The molecule has 0 bridgehead atoms. The van der Waals surface area contributed by atoms with E-state index in [1.165, 1.54) is 17.4 Å². The first kappa shape index (κ1) is 18.9. The topological polar surface area (TPSA) is 63.7 Å². The number of hydrogen-bond acceptors (Lipinski definition) is 4. The number of ether oxygens (including phenoxy) is 1. The van der Waals surface area contributed by atoms with Gasteiger partial charge in [-0.25, -0.2) is 17.6 Å². The number of esters is 1. The molecule has 134 valence electrons. The van der Waals surface area contributed by atoms with Crippen molar-refractivity contribution >= 4 is 16.0 Å². The predicted octanol–water partition coefficient (Wildman–Crippen LogP) is 3.34. The highest BCUT2D eigenvalue weighted by molar-refractivity contribution is 7.89. The lowest BCUT2D eigenvalue weighted by Crippen LogP contribution is -2.33. The fourth-order valence-corrected chi connectivity index (χ4v) is 4.06. The van der Waals surface area contributed by atoms with Crippen molar-refractivity contribution in [3.63, 3.8) is 0 Å². The normalized spacial score (nSPS) is 16.6. The highest BCUT2D eigenvalue weighted by Crippen LogP contribution is 2.24. The average Bonchev–Trinajstić information content (AvgIpc) is 2.55. The minimum Gasteiger partial charge on any atom is -0.459 e. The molecule has 5 nitrogen and oxygen atoms in total. The fraction of sp³-hybridized carbons (Fsp3) is 0.588. The monoisotopic (exact) mass is 357 g/mol. The van der Waals surface area contributed by atoms with Crippen molar-refractivity contribution in [2.45, 2.75) is 63.0 Å². The molecular weight excluding hydrogens is 333 g/mol. The van der Waals surface area contributed by atoms with Crippen LogP contribution in [0.2, 0.25) is 0 Å². The largest absolute Gasteiger partial charge is 0.459 e. The summed E-state index contributed by atoms with van der Waals surface area (Å²) in [6.07, 6.45) is 4.38. The van der Waals surface area contributed by atoms with Crippen molar-refractivity contribution < 1.29 is 22.3 Å². The van der Waals surface area contributed by atoms with Crippen molar-refractivity contribution in [3.8, 4) is 0 Å². The van der Waals surface area contributed by atoms with Gasteiger partial charge in [-0.1, -0.05) is 6.42 Å². The molecule has 0 atom stereocenters. The van der Waals surface area contributed by atoms with Gasteiger partial charge in [0, 0.05) is 13.1 Å². The van der Waals surface area contributed by atoms with E-state index in [0.717, 1.165) is 44.2 Å². The summed E-state index contributed by atoms with van der Waals surface area (Å²) in [5.41, 5.74) is -0.334. The second-order valence-electron chi connectivity index (χ2n) is 6.42. The molecule has 24 heavy (non-hydrogen) atoms. The van der Waals surface area contributed by atoms with Crippen LogP contribution in [0, 0.1) is 5.82 Å². The Morgan fingerprint density at radius 1 is 1.25 bits per heavy atom. The standard InChI is InChI=1S/C17H24FNO4S/c1-12(2)19(3)24(21,22)14-9-10-16(18)15(11-14)17(20)23-13-7-5-4-6-8-13/h9-13H,4-8H2,1-3H3. The third-order valence-electron chi connectivity index (χ3n) is 4.39. The van der Waals surface area contributed by atoms with Crippen LogP contribution in [-0.4, -0.2) is 37.9 Å². The summed E-state index contributed by atoms with van der Waals surface area (Å²) in [5, 5.41) is 0. The van der Waals surface area contributed by atoms with E-state index >= 15 is 0 Å². The SMILES string of the molecule is CC(C)N(C)S(=O)(=O)c1ccc(F)c(C(=O)OC2CCCCC2)c1. The fourth-order valence-electron chi connectivity index (χ4n) is 2.66. The van der Waals surface area contributed by atoms with E-state index in [0.29, 0.717) is 0 Å². The maximum absolute atomic E-state index is 14.0. The summed E-state index contributed by atoms with van der Waals surface area (Å²) in [6.45, 7) is 3.47. The smallest absolute Gasteiger partial charge is 0.341 e. The molecule has 0 radical (unpaired) electrons. The van der Waals surface area contributed by atoms with E-state index in [4.69, 9.17) is 4.74 Å². The molecule has 0 spiro atoms. The number of carbonyl (C=O) groups is 1. The van der Waals surface area contributed by atoms with Crippen LogP contribution in [-0.2, 0) is 14.8 Å². The van der Waals surface area contributed by atoms with Crippen LogP contribution >= 0.6 is 0 Å². The van der Waals surface area contributed by atoms with Gasteiger partial charge in [0.05, 0.1) is 10.5 Å². The van der Waals surface area contributed by atoms with Gasteiger partial charge in [0.15, 0.2) is 0 Å². The van der Waals surface area contributed by atoms with Gasteiger partial charge in [0.2, 0.25) is 10.0 Å². The number of benzene rings is 1. The Bertz CT molecular complexity index is 697. The molecule has 2 rings (SSSR count). The van der Waals surface area contributed by atoms with Gasteiger partial charge in [0.1, 0.15) is 11.9 Å². The lowest BCUT2D eigenvalue weighted by atomic mass is 9.98. The molecule has 0 N–H and O–H groups in total. The summed E-state index contributed by atoms with van der Waals surface area (Å²) in [4.78, 5) is 12.1. The Morgan fingerprint density at radius 2 is 1.88 bits per heavy atom. The van der Waals surface area contributed by atoms with Crippen LogP contribution in [0.4, 0.5) is 4.39 Å². The lowest BCUT2D eigenvalue weighted by molar-refractivity contribution is 0.0206. The van der Waals surface area contributed by atoms with Gasteiger partial charge in [-0.3, -0.25) is 0 Å². The first-order valence-electron chi connectivity index (χ1n) is 8.22. The minimum absolute atomic E-state index is 0.115. The molecular formula is C17H24FNO4S. The molecule has 1 aromatic rings. The van der Waals surface area contributed by atoms with Gasteiger partial charge in [0.25, 0.3) is 0 Å². The zero-order valence-corrected chi connectivity index (χ0v) is 15.1. The van der Waals surface area contributed by atoms with Crippen LogP contribution < -0.4 is 0 Å². The van der Waals surface area contributed by atoms with Gasteiger partial charge in [-0.15, -0.1) is 0 Å². The van der Waals surface area contributed by atoms with Crippen LogP contribution in [0.15, 0.2) is 23.1 Å². The number of nitrogens with zero attached hydrogens (tertiary/aromatic N) is 1. The maximum Gasteiger partial charge on any atom is 0.341 e. The molecule has 0 aromatic heterocycles. The molecule has 0 aliphatic heterocycles. The zero-order chi connectivity index (χ0) is 17.9. The average molecular weight is 357 g/mol. The Labute approximate surface area is 142 Å². The highest BCUT2D eigenvalue weighted by atomic mass is 32.2. The maximum atomic E-state index is 14.0. The molecule has 1 fully saturated rings. The predicted molar refractivity (Wildman–Crippen MR) is 88.8 cm³/mol. The quantitative estimate of drug-likeness (QED) is 0.758. The van der Waals surface area contributed by atoms with Crippen LogP contribution in [0.25, 0.3) is 0 Å². The van der Waals surface area contributed by atoms with E-state index in [-0.39, 0.29) is 22.6 Å². The van der Waals surface area contributed by atoms with Crippen molar-refractivity contribution in [1.29, 1.82) is 0 Å². The molecule has 0 unspecified atom stereocenters. The van der Waals surface area contributed by atoms with Crippen molar-refractivity contribution in [2.75, 3.05) is 7.05 Å². The Hall–Kier alpha value is -1.47. The summed E-state index contributed by atoms with van der Waals surface area (Å²) in [6, 6.07) is 2.98. The molecule has 0 amide bonds. The van der Waals surface area contributed by atoms with E-state index in [1.54, 1.807) is 13.8 Å². The van der Waals surface area contributed by atoms with Crippen LogP contribution in [0.3, 0.4) is 0 Å². The van der Waals surface area contributed by atoms with Crippen molar-refractivity contribution in [3.05, 3.63) is 29.6 Å².